The van der Waals surface area contributed by atoms with Crippen molar-refractivity contribution in [3.63, 3.8) is 0 Å². The molecule has 0 atom stereocenters. The van der Waals surface area contributed by atoms with Gasteiger partial charge in [0.25, 0.3) is 0 Å². The molecule has 0 amide bonds. The van der Waals surface area contributed by atoms with Gasteiger partial charge < -0.3 is 0 Å². The lowest BCUT2D eigenvalue weighted by Gasteiger charge is -2.04. The van der Waals surface area contributed by atoms with Gasteiger partial charge in [-0.1, -0.05) is 25.1 Å². The van der Waals surface area contributed by atoms with Crippen molar-refractivity contribution in [1.29, 1.82) is 0 Å². The molecule has 1 aromatic heterocycles. The minimum atomic E-state index is -3.12. The van der Waals surface area contributed by atoms with E-state index in [0.29, 0.717) is 4.90 Å². The average molecular weight is 261 g/mol. The molecule has 2 rings (SSSR count). The maximum absolute atomic E-state index is 11.7. The summed E-state index contributed by atoms with van der Waals surface area (Å²) in [5.74, 6) is 0.123. The second kappa shape index (κ2) is 4.90. The first-order valence-electron chi connectivity index (χ1n) is 5.79. The summed E-state index contributed by atoms with van der Waals surface area (Å²) in [5, 5.41) is 0. The fraction of sp³-hybridized carbons (Fsp3) is 0.214. The zero-order valence-electron chi connectivity index (χ0n) is 10.4. The Hall–Kier alpha value is -1.68. The Morgan fingerprint density at radius 2 is 1.61 bits per heavy atom. The monoisotopic (exact) mass is 261 g/mol. The molecule has 0 unspecified atom stereocenters. The topological polar surface area (TPSA) is 47.0 Å². The van der Waals surface area contributed by atoms with Crippen molar-refractivity contribution >= 4 is 9.84 Å². The molecule has 0 aliphatic carbocycles. The Labute approximate surface area is 107 Å². The molecule has 0 fully saturated rings. The van der Waals surface area contributed by atoms with Crippen molar-refractivity contribution in [2.45, 2.75) is 18.7 Å². The molecule has 1 heterocycles. The van der Waals surface area contributed by atoms with E-state index in [2.05, 4.69) is 4.98 Å². The van der Waals surface area contributed by atoms with Gasteiger partial charge in [-0.3, -0.25) is 4.98 Å². The molecule has 0 bridgehead atoms. The maximum Gasteiger partial charge on any atom is 0.178 e. The van der Waals surface area contributed by atoms with Gasteiger partial charge >= 0.3 is 0 Å². The third kappa shape index (κ3) is 2.59. The Bertz CT molecular complexity index is 628. The molecule has 0 aliphatic heterocycles. The van der Waals surface area contributed by atoms with Crippen LogP contribution in [0.4, 0.5) is 0 Å². The molecule has 0 spiro atoms. The molecule has 18 heavy (non-hydrogen) atoms. The molecule has 2 aromatic rings. The number of rotatable bonds is 3. The number of benzene rings is 1. The lowest BCUT2D eigenvalue weighted by Crippen LogP contribution is -2.03. The van der Waals surface area contributed by atoms with Crippen LogP contribution in [0.1, 0.15) is 12.6 Å². The fourth-order valence-electron chi connectivity index (χ4n) is 1.66. The van der Waals surface area contributed by atoms with Crippen molar-refractivity contribution in [2.75, 3.05) is 5.75 Å². The van der Waals surface area contributed by atoms with Crippen molar-refractivity contribution in [3.8, 4) is 11.1 Å². The van der Waals surface area contributed by atoms with Crippen LogP contribution in [0.25, 0.3) is 11.1 Å². The number of pyridine rings is 1. The number of hydrogen-bond donors (Lipinski definition) is 0. The quantitative estimate of drug-likeness (QED) is 0.853. The molecule has 0 saturated heterocycles. The minimum absolute atomic E-state index is 0.123. The zero-order chi connectivity index (χ0) is 13.2. The third-order valence-corrected chi connectivity index (χ3v) is 4.59. The minimum Gasteiger partial charge on any atom is -0.261 e. The highest BCUT2D eigenvalue weighted by atomic mass is 32.2. The highest BCUT2D eigenvalue weighted by Gasteiger charge is 2.10. The maximum atomic E-state index is 11.7. The van der Waals surface area contributed by atoms with Gasteiger partial charge in [0.2, 0.25) is 0 Å². The van der Waals surface area contributed by atoms with Crippen LogP contribution in [-0.4, -0.2) is 19.2 Å². The number of sulfone groups is 1. The SMILES string of the molecule is CCS(=O)(=O)c1ccc(-c2ccc(C)nc2)cc1. The summed E-state index contributed by atoms with van der Waals surface area (Å²) in [6, 6.07) is 10.8. The van der Waals surface area contributed by atoms with Crippen LogP contribution in [0.15, 0.2) is 47.5 Å². The van der Waals surface area contributed by atoms with E-state index in [9.17, 15) is 8.42 Å². The highest BCUT2D eigenvalue weighted by molar-refractivity contribution is 7.91. The van der Waals surface area contributed by atoms with Crippen LogP contribution in [-0.2, 0) is 9.84 Å². The smallest absolute Gasteiger partial charge is 0.178 e. The Kier molecular flexibility index (Phi) is 3.48. The third-order valence-electron chi connectivity index (χ3n) is 2.84. The first-order valence-corrected chi connectivity index (χ1v) is 7.44. The van der Waals surface area contributed by atoms with Crippen LogP contribution in [0.3, 0.4) is 0 Å². The normalized spacial score (nSPS) is 11.4. The van der Waals surface area contributed by atoms with E-state index in [4.69, 9.17) is 0 Å². The van der Waals surface area contributed by atoms with Gasteiger partial charge in [-0.05, 0) is 30.7 Å². The van der Waals surface area contributed by atoms with E-state index in [-0.39, 0.29) is 5.75 Å². The lowest BCUT2D eigenvalue weighted by atomic mass is 10.1. The predicted molar refractivity (Wildman–Crippen MR) is 72.1 cm³/mol. The number of aromatic nitrogens is 1. The van der Waals surface area contributed by atoms with Gasteiger partial charge in [0.1, 0.15) is 0 Å². The van der Waals surface area contributed by atoms with Crippen LogP contribution in [0.5, 0.6) is 0 Å². The van der Waals surface area contributed by atoms with Gasteiger partial charge in [-0.25, -0.2) is 8.42 Å². The summed E-state index contributed by atoms with van der Waals surface area (Å²) in [5.41, 5.74) is 2.92. The second-order valence-corrected chi connectivity index (χ2v) is 6.39. The molecular weight excluding hydrogens is 246 g/mol. The van der Waals surface area contributed by atoms with E-state index in [0.717, 1.165) is 16.8 Å². The molecule has 0 saturated carbocycles. The van der Waals surface area contributed by atoms with Gasteiger partial charge in [0.15, 0.2) is 9.84 Å². The van der Waals surface area contributed by atoms with Gasteiger partial charge in [-0.2, -0.15) is 0 Å². The van der Waals surface area contributed by atoms with Gasteiger partial charge in [0.05, 0.1) is 10.6 Å². The Morgan fingerprint density at radius 1 is 1.00 bits per heavy atom. The fourth-order valence-corrected chi connectivity index (χ4v) is 2.54. The second-order valence-electron chi connectivity index (χ2n) is 4.12. The van der Waals surface area contributed by atoms with E-state index in [1.54, 1.807) is 25.3 Å². The van der Waals surface area contributed by atoms with Crippen molar-refractivity contribution < 1.29 is 8.42 Å². The molecule has 0 radical (unpaired) electrons. The number of aryl methyl sites for hydroxylation is 1. The summed E-state index contributed by atoms with van der Waals surface area (Å²) >= 11 is 0. The Balaban J connectivity index is 2.36. The van der Waals surface area contributed by atoms with Crippen molar-refractivity contribution in [2.24, 2.45) is 0 Å². The van der Waals surface area contributed by atoms with Crippen LogP contribution in [0, 0.1) is 6.92 Å². The van der Waals surface area contributed by atoms with Crippen LogP contribution in [0.2, 0.25) is 0 Å². The van der Waals surface area contributed by atoms with E-state index in [1.165, 1.54) is 0 Å². The summed E-state index contributed by atoms with van der Waals surface area (Å²) in [6.07, 6.45) is 1.79. The van der Waals surface area contributed by atoms with E-state index in [1.807, 2.05) is 31.2 Å². The van der Waals surface area contributed by atoms with E-state index < -0.39 is 9.84 Å². The molecule has 0 N–H and O–H groups in total. The Morgan fingerprint density at radius 3 is 2.11 bits per heavy atom. The van der Waals surface area contributed by atoms with E-state index >= 15 is 0 Å². The highest BCUT2D eigenvalue weighted by Crippen LogP contribution is 2.21. The van der Waals surface area contributed by atoms with Gasteiger partial charge in [0, 0.05) is 17.5 Å². The van der Waals surface area contributed by atoms with Crippen molar-refractivity contribution in [3.05, 3.63) is 48.3 Å². The summed E-state index contributed by atoms with van der Waals surface area (Å²) in [6.45, 7) is 3.58. The first-order chi connectivity index (χ1) is 8.53. The number of nitrogens with zero attached hydrogens (tertiary/aromatic N) is 1. The number of hydrogen-bond acceptors (Lipinski definition) is 3. The largest absolute Gasteiger partial charge is 0.261 e. The molecule has 3 nitrogen and oxygen atoms in total. The average Bonchev–Trinajstić information content (AvgIpc) is 2.40. The molecular formula is C14H15NO2S. The summed E-state index contributed by atoms with van der Waals surface area (Å²) < 4.78 is 23.4. The molecule has 94 valence electrons. The molecule has 1 aromatic carbocycles. The molecule has 0 aliphatic rings. The van der Waals surface area contributed by atoms with Crippen LogP contribution >= 0.6 is 0 Å². The van der Waals surface area contributed by atoms with Gasteiger partial charge in [-0.15, -0.1) is 0 Å². The predicted octanol–water partition coefficient (Wildman–Crippen LogP) is 2.85. The summed E-state index contributed by atoms with van der Waals surface area (Å²) in [4.78, 5) is 4.59. The zero-order valence-corrected chi connectivity index (χ0v) is 11.2. The lowest BCUT2D eigenvalue weighted by molar-refractivity contribution is 0.597. The first kappa shape index (κ1) is 12.8. The molecule has 4 heteroatoms. The van der Waals surface area contributed by atoms with Crippen molar-refractivity contribution in [1.82, 2.24) is 4.98 Å². The summed E-state index contributed by atoms with van der Waals surface area (Å²) in [7, 11) is -3.12. The standard InChI is InChI=1S/C14H15NO2S/c1-3-18(16,17)14-8-6-12(7-9-14)13-5-4-11(2)15-10-13/h4-10H,3H2,1-2H3. The van der Waals surface area contributed by atoms with Crippen LogP contribution < -0.4 is 0 Å².